The van der Waals surface area contributed by atoms with Crippen LogP contribution in [0.1, 0.15) is 12.5 Å². The Morgan fingerprint density at radius 3 is 2.66 bits per heavy atom. The van der Waals surface area contributed by atoms with Gasteiger partial charge in [0.2, 0.25) is 5.91 Å². The van der Waals surface area contributed by atoms with Crippen molar-refractivity contribution in [2.75, 3.05) is 11.5 Å². The van der Waals surface area contributed by atoms with Gasteiger partial charge in [0.15, 0.2) is 5.57 Å². The molecule has 1 heterocycles. The molecule has 3 rings (SSSR count). The van der Waals surface area contributed by atoms with E-state index in [0.29, 0.717) is 17.1 Å². The zero-order valence-electron chi connectivity index (χ0n) is 15.4. The predicted molar refractivity (Wildman–Crippen MR) is 117 cm³/mol. The standard InChI is InChI=1S/C21H16BrClN2O3S/c1-2-28-21(27)17(12-24)20-25(16-8-6-14(22)7-9-16)19(26)18(29-20)11-13-4-3-5-15(23)10-13/h3-10,18H,2,11H2,1H3/b20-17-/t18-/m1/s1. The second-order valence-electron chi connectivity index (χ2n) is 6.10. The lowest BCUT2D eigenvalue weighted by Gasteiger charge is -2.18. The number of esters is 1. The van der Waals surface area contributed by atoms with E-state index in [4.69, 9.17) is 16.3 Å². The highest BCUT2D eigenvalue weighted by Crippen LogP contribution is 2.42. The van der Waals surface area contributed by atoms with Crippen LogP contribution < -0.4 is 4.90 Å². The lowest BCUT2D eigenvalue weighted by Crippen LogP contribution is -2.30. The Hall–Kier alpha value is -2.27. The maximum atomic E-state index is 13.3. The maximum Gasteiger partial charge on any atom is 0.351 e. The van der Waals surface area contributed by atoms with Gasteiger partial charge in [0.1, 0.15) is 11.1 Å². The molecule has 0 aromatic heterocycles. The topological polar surface area (TPSA) is 70.4 Å². The molecule has 0 radical (unpaired) electrons. The number of nitrogens with zero attached hydrogens (tertiary/aromatic N) is 2. The van der Waals surface area contributed by atoms with Gasteiger partial charge in [-0.2, -0.15) is 5.26 Å². The average Bonchev–Trinajstić information content (AvgIpc) is 2.99. The molecule has 1 fully saturated rings. The molecule has 1 saturated heterocycles. The van der Waals surface area contributed by atoms with Crippen molar-refractivity contribution in [1.82, 2.24) is 0 Å². The minimum Gasteiger partial charge on any atom is -0.462 e. The van der Waals surface area contributed by atoms with Crippen molar-refractivity contribution in [1.29, 1.82) is 5.26 Å². The lowest BCUT2D eigenvalue weighted by molar-refractivity contribution is -0.138. The van der Waals surface area contributed by atoms with Gasteiger partial charge in [-0.05, 0) is 55.3 Å². The van der Waals surface area contributed by atoms with E-state index in [0.717, 1.165) is 10.0 Å². The highest BCUT2D eigenvalue weighted by Gasteiger charge is 2.41. The molecule has 29 heavy (non-hydrogen) atoms. The van der Waals surface area contributed by atoms with Crippen molar-refractivity contribution in [3.05, 3.63) is 74.2 Å². The van der Waals surface area contributed by atoms with Crippen molar-refractivity contribution >= 4 is 56.9 Å². The minimum atomic E-state index is -0.740. The summed E-state index contributed by atoms with van der Waals surface area (Å²) in [5, 5.41) is 9.98. The van der Waals surface area contributed by atoms with E-state index in [1.807, 2.05) is 18.2 Å². The molecule has 2 aromatic carbocycles. The number of nitriles is 1. The molecular formula is C21H16BrClN2O3S. The lowest BCUT2D eigenvalue weighted by atomic mass is 10.1. The summed E-state index contributed by atoms with van der Waals surface area (Å²) in [4.78, 5) is 27.0. The summed E-state index contributed by atoms with van der Waals surface area (Å²) in [5.74, 6) is -0.944. The summed E-state index contributed by atoms with van der Waals surface area (Å²) in [5.41, 5.74) is 1.29. The van der Waals surface area contributed by atoms with Crippen molar-refractivity contribution in [2.24, 2.45) is 0 Å². The monoisotopic (exact) mass is 490 g/mol. The van der Waals surface area contributed by atoms with Crippen molar-refractivity contribution < 1.29 is 14.3 Å². The molecule has 0 aliphatic carbocycles. The van der Waals surface area contributed by atoms with Crippen LogP contribution in [-0.4, -0.2) is 23.7 Å². The van der Waals surface area contributed by atoms with E-state index < -0.39 is 11.2 Å². The summed E-state index contributed by atoms with van der Waals surface area (Å²) in [6.45, 7) is 1.80. The van der Waals surface area contributed by atoms with Gasteiger partial charge in [-0.15, -0.1) is 0 Å². The number of rotatable bonds is 5. The zero-order valence-corrected chi connectivity index (χ0v) is 18.6. The Labute approximate surface area is 186 Å². The van der Waals surface area contributed by atoms with Gasteiger partial charge in [0.05, 0.1) is 11.9 Å². The first-order chi connectivity index (χ1) is 13.9. The Balaban J connectivity index is 2.03. The van der Waals surface area contributed by atoms with Crippen LogP contribution in [0.5, 0.6) is 0 Å². The van der Waals surface area contributed by atoms with Crippen molar-refractivity contribution in [2.45, 2.75) is 18.6 Å². The number of benzene rings is 2. The third kappa shape index (κ3) is 4.84. The van der Waals surface area contributed by atoms with Crippen molar-refractivity contribution in [3.8, 4) is 6.07 Å². The largest absolute Gasteiger partial charge is 0.462 e. The summed E-state index contributed by atoms with van der Waals surface area (Å²) in [6.07, 6.45) is 0.419. The molecule has 1 atom stereocenters. The minimum absolute atomic E-state index is 0.139. The molecular weight excluding hydrogens is 476 g/mol. The molecule has 0 saturated carbocycles. The molecule has 5 nitrogen and oxygen atoms in total. The van der Waals surface area contributed by atoms with Crippen LogP contribution in [0.3, 0.4) is 0 Å². The van der Waals surface area contributed by atoms with Gasteiger partial charge in [0, 0.05) is 15.2 Å². The molecule has 8 heteroatoms. The molecule has 0 spiro atoms. The van der Waals surface area contributed by atoms with E-state index in [-0.39, 0.29) is 23.1 Å². The number of carbonyl (C=O) groups excluding carboxylic acids is 2. The Morgan fingerprint density at radius 1 is 1.31 bits per heavy atom. The number of anilines is 1. The maximum absolute atomic E-state index is 13.3. The first-order valence-electron chi connectivity index (χ1n) is 8.76. The van der Waals surface area contributed by atoms with Gasteiger partial charge in [-0.25, -0.2) is 4.79 Å². The summed E-state index contributed by atoms with van der Waals surface area (Å²) < 4.78 is 5.87. The first kappa shape index (κ1) is 21.4. The third-order valence-electron chi connectivity index (χ3n) is 4.15. The summed E-state index contributed by atoms with van der Waals surface area (Å²) >= 11 is 10.6. The number of ether oxygens (including phenoxy) is 1. The fraction of sp³-hybridized carbons (Fsp3) is 0.190. The molecule has 2 aromatic rings. The van der Waals surface area contributed by atoms with Crippen LogP contribution in [0, 0.1) is 11.3 Å². The molecule has 1 aliphatic rings. The van der Waals surface area contributed by atoms with E-state index in [2.05, 4.69) is 15.9 Å². The molecule has 0 unspecified atom stereocenters. The number of halogens is 2. The fourth-order valence-electron chi connectivity index (χ4n) is 2.88. The van der Waals surface area contributed by atoms with Crippen LogP contribution in [-0.2, 0) is 20.7 Å². The number of hydrogen-bond donors (Lipinski definition) is 0. The molecule has 1 amide bonds. The van der Waals surface area contributed by atoms with Crippen LogP contribution >= 0.6 is 39.3 Å². The predicted octanol–water partition coefficient (Wildman–Crippen LogP) is 5.09. The van der Waals surface area contributed by atoms with Gasteiger partial charge in [-0.3, -0.25) is 9.69 Å². The van der Waals surface area contributed by atoms with Gasteiger partial charge >= 0.3 is 5.97 Å². The van der Waals surface area contributed by atoms with Crippen molar-refractivity contribution in [3.63, 3.8) is 0 Å². The summed E-state index contributed by atoms with van der Waals surface area (Å²) in [6, 6.07) is 16.3. The molecule has 0 bridgehead atoms. The van der Waals surface area contributed by atoms with Crippen LogP contribution in [0.15, 0.2) is 63.6 Å². The smallest absolute Gasteiger partial charge is 0.351 e. The third-order valence-corrected chi connectivity index (χ3v) is 6.18. The van der Waals surface area contributed by atoms with Gasteiger partial charge < -0.3 is 4.74 Å². The van der Waals surface area contributed by atoms with E-state index in [1.54, 1.807) is 43.3 Å². The SMILES string of the molecule is CCOC(=O)/C(C#N)=C1\S[C@H](Cc2cccc(Cl)c2)C(=O)N1c1ccc(Br)cc1. The quantitative estimate of drug-likeness (QED) is 0.331. The van der Waals surface area contributed by atoms with Crippen LogP contribution in [0.25, 0.3) is 0 Å². The molecule has 0 N–H and O–H groups in total. The highest BCUT2D eigenvalue weighted by molar-refractivity contribution is 9.10. The second-order valence-corrected chi connectivity index (χ2v) is 8.65. The van der Waals surface area contributed by atoms with Crippen LogP contribution in [0.2, 0.25) is 5.02 Å². The normalized spacial score (nSPS) is 17.8. The average molecular weight is 492 g/mol. The number of carbonyl (C=O) groups is 2. The summed E-state index contributed by atoms with van der Waals surface area (Å²) in [7, 11) is 0. The van der Waals surface area contributed by atoms with E-state index >= 15 is 0 Å². The zero-order chi connectivity index (χ0) is 21.0. The number of thioether (sulfide) groups is 1. The van der Waals surface area contributed by atoms with E-state index in [1.165, 1.54) is 16.7 Å². The fourth-order valence-corrected chi connectivity index (χ4v) is 4.65. The number of hydrogen-bond acceptors (Lipinski definition) is 5. The highest BCUT2D eigenvalue weighted by atomic mass is 79.9. The Bertz CT molecular complexity index is 1020. The molecule has 148 valence electrons. The van der Waals surface area contributed by atoms with Crippen LogP contribution in [0.4, 0.5) is 5.69 Å². The van der Waals surface area contributed by atoms with E-state index in [9.17, 15) is 14.9 Å². The second kappa shape index (κ2) is 9.49. The Morgan fingerprint density at radius 2 is 2.03 bits per heavy atom. The Kier molecular flexibility index (Phi) is 7.01. The van der Waals surface area contributed by atoms with Gasteiger partial charge in [0.25, 0.3) is 0 Å². The number of amides is 1. The van der Waals surface area contributed by atoms with Gasteiger partial charge in [-0.1, -0.05) is 51.4 Å². The molecule has 1 aliphatic heterocycles. The first-order valence-corrected chi connectivity index (χ1v) is 10.8.